The smallest absolute Gasteiger partial charge is 0.0849 e. The van der Waals surface area contributed by atoms with Gasteiger partial charge in [0.1, 0.15) is 0 Å². The molecule has 0 aromatic heterocycles. The molecule has 1 saturated heterocycles. The quantitative estimate of drug-likeness (QED) is 0.338. The van der Waals surface area contributed by atoms with E-state index in [-0.39, 0.29) is 0 Å². The number of hydrazine groups is 6. The lowest BCUT2D eigenvalue weighted by Crippen LogP contribution is -2.74. The highest BCUT2D eigenvalue weighted by molar-refractivity contribution is 7.99. The maximum Gasteiger partial charge on any atom is 0.0849 e. The summed E-state index contributed by atoms with van der Waals surface area (Å²) >= 11 is 1.72. The Morgan fingerprint density at radius 1 is 1.20 bits per heavy atom. The first-order valence-corrected chi connectivity index (χ1v) is 4.21. The number of rotatable bonds is 2. The average Bonchev–Trinajstić information content (AvgIpc) is 2.05. The van der Waals surface area contributed by atoms with Crippen molar-refractivity contribution < 1.29 is 0 Å². The summed E-state index contributed by atoms with van der Waals surface area (Å²) in [5, 5.41) is 2.14. The first kappa shape index (κ1) is 8.21. The predicted molar refractivity (Wildman–Crippen MR) is 40.5 cm³/mol. The second kappa shape index (κ2) is 4.09. The maximum atomic E-state index is 2.85. The zero-order valence-electron chi connectivity index (χ0n) is 5.93. The summed E-state index contributed by atoms with van der Waals surface area (Å²) in [5.41, 5.74) is 13.7. The number of nitrogens with one attached hydrogen (secondary N) is 5. The third-order valence-electron chi connectivity index (χ3n) is 1.18. The van der Waals surface area contributed by atoms with Crippen LogP contribution in [0.4, 0.5) is 0 Å². The van der Waals surface area contributed by atoms with Crippen LogP contribution in [0.5, 0.6) is 0 Å². The van der Waals surface area contributed by atoms with Gasteiger partial charge in [-0.2, -0.15) is 27.7 Å². The van der Waals surface area contributed by atoms with Gasteiger partial charge in [-0.05, 0) is 13.2 Å². The van der Waals surface area contributed by atoms with Crippen LogP contribution in [0.3, 0.4) is 0 Å². The van der Waals surface area contributed by atoms with E-state index in [9.17, 15) is 0 Å². The molecule has 60 valence electrons. The molecular formula is C3H12N6S. The van der Waals surface area contributed by atoms with Gasteiger partial charge in [-0.25, -0.2) is 0 Å². The van der Waals surface area contributed by atoms with Crippen molar-refractivity contribution in [3.63, 3.8) is 0 Å². The molecule has 0 bridgehead atoms. The number of nitrogens with zero attached hydrogens (tertiary/aromatic N) is 1. The van der Waals surface area contributed by atoms with Gasteiger partial charge < -0.3 is 0 Å². The molecule has 6 nitrogen and oxygen atoms in total. The van der Waals surface area contributed by atoms with E-state index in [0.717, 1.165) is 0 Å². The Labute approximate surface area is 63.9 Å². The van der Waals surface area contributed by atoms with Crippen LogP contribution in [-0.4, -0.2) is 16.7 Å². The fourth-order valence-corrected chi connectivity index (χ4v) is 0.839. The largest absolute Gasteiger partial charge is 0.164 e. The fraction of sp³-hybridized carbons (Fsp3) is 1.00. The van der Waals surface area contributed by atoms with Crippen LogP contribution in [0.25, 0.3) is 0 Å². The molecule has 1 heterocycles. The molecule has 5 N–H and O–H groups in total. The van der Waals surface area contributed by atoms with Crippen LogP contribution in [0.2, 0.25) is 0 Å². The van der Waals surface area contributed by atoms with Gasteiger partial charge in [0, 0.05) is 0 Å². The van der Waals surface area contributed by atoms with Crippen LogP contribution in [-0.2, 0) is 0 Å². The van der Waals surface area contributed by atoms with Gasteiger partial charge in [0.05, 0.1) is 5.37 Å². The Morgan fingerprint density at radius 2 is 1.80 bits per heavy atom. The highest BCUT2D eigenvalue weighted by Crippen LogP contribution is 2.05. The van der Waals surface area contributed by atoms with E-state index in [0.29, 0.717) is 5.37 Å². The minimum Gasteiger partial charge on any atom is -0.164 e. The second-order valence-electron chi connectivity index (χ2n) is 1.80. The van der Waals surface area contributed by atoms with Crippen LogP contribution in [0, 0.1) is 0 Å². The van der Waals surface area contributed by atoms with Gasteiger partial charge in [-0.3, -0.25) is 0 Å². The molecule has 10 heavy (non-hydrogen) atoms. The lowest BCUT2D eigenvalue weighted by molar-refractivity contribution is -0.0215. The molecule has 0 amide bonds. The molecule has 1 atom stereocenters. The van der Waals surface area contributed by atoms with Crippen molar-refractivity contribution >= 4 is 11.8 Å². The molecule has 0 spiro atoms. The van der Waals surface area contributed by atoms with Gasteiger partial charge in [0.15, 0.2) is 0 Å². The Kier molecular flexibility index (Phi) is 3.35. The van der Waals surface area contributed by atoms with Gasteiger partial charge in [0.2, 0.25) is 0 Å². The second-order valence-corrected chi connectivity index (χ2v) is 2.96. The molecule has 1 aliphatic rings. The average molecular weight is 164 g/mol. The summed E-state index contributed by atoms with van der Waals surface area (Å²) in [6.07, 6.45) is 2.04. The summed E-state index contributed by atoms with van der Waals surface area (Å²) in [4.78, 5) is 0. The molecule has 0 aromatic rings. The lowest BCUT2D eigenvalue weighted by atomic mass is 10.8. The number of thioether (sulfide) groups is 1. The maximum absolute atomic E-state index is 2.85. The van der Waals surface area contributed by atoms with Crippen LogP contribution < -0.4 is 27.7 Å². The summed E-state index contributed by atoms with van der Waals surface area (Å²) in [7, 11) is 0. The SMILES string of the molecule is CSC(C)N1NNNNN1. The third kappa shape index (κ3) is 2.06. The van der Waals surface area contributed by atoms with Crippen LogP contribution in [0.1, 0.15) is 6.92 Å². The molecule has 0 aliphatic carbocycles. The Hall–Kier alpha value is 0.110. The van der Waals surface area contributed by atoms with E-state index in [1.165, 1.54) is 0 Å². The van der Waals surface area contributed by atoms with E-state index in [4.69, 9.17) is 0 Å². The first-order valence-electron chi connectivity index (χ1n) is 2.93. The zero-order valence-corrected chi connectivity index (χ0v) is 6.75. The fourth-order valence-electron chi connectivity index (χ4n) is 0.523. The normalized spacial score (nSPS) is 24.6. The molecule has 0 aromatic carbocycles. The van der Waals surface area contributed by atoms with Crippen molar-refractivity contribution in [3.05, 3.63) is 0 Å². The molecule has 0 radical (unpaired) electrons. The molecule has 1 unspecified atom stereocenters. The minimum atomic E-state index is 0.349. The summed E-state index contributed by atoms with van der Waals surface area (Å²) < 4.78 is 0. The van der Waals surface area contributed by atoms with Crippen molar-refractivity contribution in [2.45, 2.75) is 12.3 Å². The van der Waals surface area contributed by atoms with Gasteiger partial charge in [-0.1, -0.05) is 0 Å². The van der Waals surface area contributed by atoms with Gasteiger partial charge in [0.25, 0.3) is 0 Å². The van der Waals surface area contributed by atoms with E-state index < -0.39 is 0 Å². The molecule has 1 fully saturated rings. The van der Waals surface area contributed by atoms with E-state index >= 15 is 0 Å². The van der Waals surface area contributed by atoms with E-state index in [2.05, 4.69) is 34.6 Å². The molecule has 0 saturated carbocycles. The van der Waals surface area contributed by atoms with Gasteiger partial charge in [-0.15, -0.1) is 16.9 Å². The van der Waals surface area contributed by atoms with Crippen molar-refractivity contribution in [1.82, 2.24) is 32.8 Å². The van der Waals surface area contributed by atoms with Crippen molar-refractivity contribution in [2.24, 2.45) is 0 Å². The number of hydrogen-bond donors (Lipinski definition) is 5. The van der Waals surface area contributed by atoms with Crippen molar-refractivity contribution in [1.29, 1.82) is 0 Å². The molecule has 1 rings (SSSR count). The van der Waals surface area contributed by atoms with Crippen LogP contribution >= 0.6 is 11.8 Å². The summed E-state index contributed by atoms with van der Waals surface area (Å²) in [6, 6.07) is 0. The van der Waals surface area contributed by atoms with E-state index in [1.807, 2.05) is 6.26 Å². The zero-order chi connectivity index (χ0) is 7.40. The minimum absolute atomic E-state index is 0.349. The standard InChI is InChI=1S/C3H12N6S/c1-3(10-2)9-7-5-4-6-8-9/h3-8H,1-2H3. The lowest BCUT2D eigenvalue weighted by Gasteiger charge is -2.32. The van der Waals surface area contributed by atoms with E-state index in [1.54, 1.807) is 16.9 Å². The topological polar surface area (TPSA) is 63.4 Å². The Balaban J connectivity index is 2.24. The molecule has 1 aliphatic heterocycles. The highest BCUT2D eigenvalue weighted by Gasteiger charge is 2.13. The Bertz CT molecular complexity index is 93.0. The predicted octanol–water partition coefficient (Wildman–Crippen LogP) is -1.55. The number of hydrogen-bond acceptors (Lipinski definition) is 7. The third-order valence-corrected chi connectivity index (χ3v) is 2.08. The highest BCUT2D eigenvalue weighted by atomic mass is 32.2. The summed E-state index contributed by atoms with van der Waals surface area (Å²) in [6.45, 7) is 2.07. The monoisotopic (exact) mass is 164 g/mol. The summed E-state index contributed by atoms with van der Waals surface area (Å²) in [5.74, 6) is 0. The Morgan fingerprint density at radius 3 is 2.30 bits per heavy atom. The first-order chi connectivity index (χ1) is 4.84. The molecule has 7 heteroatoms. The van der Waals surface area contributed by atoms with Crippen LogP contribution in [0.15, 0.2) is 0 Å². The molecular weight excluding hydrogens is 152 g/mol. The van der Waals surface area contributed by atoms with Crippen molar-refractivity contribution in [2.75, 3.05) is 6.26 Å². The van der Waals surface area contributed by atoms with Gasteiger partial charge >= 0.3 is 0 Å². The van der Waals surface area contributed by atoms with Crippen molar-refractivity contribution in [3.8, 4) is 0 Å².